The average molecular weight is 372 g/mol. The molecule has 0 atom stereocenters. The summed E-state index contributed by atoms with van der Waals surface area (Å²) in [6.07, 6.45) is 3.30. The van der Waals surface area contributed by atoms with E-state index in [4.69, 9.17) is 0 Å². The summed E-state index contributed by atoms with van der Waals surface area (Å²) in [6.45, 7) is 3.89. The van der Waals surface area contributed by atoms with Gasteiger partial charge < -0.3 is 10.2 Å². The zero-order chi connectivity index (χ0) is 20.1. The van der Waals surface area contributed by atoms with Gasteiger partial charge >= 0.3 is 0 Å². The third-order valence-corrected chi connectivity index (χ3v) is 4.73. The Bertz CT molecular complexity index is 1030. The molecule has 0 bridgehead atoms. The second-order valence-electron chi connectivity index (χ2n) is 6.91. The molecule has 0 aliphatic carbocycles. The molecule has 2 amide bonds. The molecule has 0 unspecified atom stereocenters. The lowest BCUT2D eigenvalue weighted by atomic mass is 10.0. The number of aryl methyl sites for hydroxylation is 2. The van der Waals surface area contributed by atoms with Gasteiger partial charge in [-0.25, -0.2) is 0 Å². The summed E-state index contributed by atoms with van der Waals surface area (Å²) in [5, 5.41) is 5.12. The van der Waals surface area contributed by atoms with E-state index in [1.807, 2.05) is 74.5 Å². The summed E-state index contributed by atoms with van der Waals surface area (Å²) < 4.78 is 0. The molecule has 0 saturated heterocycles. The van der Waals surface area contributed by atoms with E-state index < -0.39 is 0 Å². The molecule has 0 spiro atoms. The number of hydrogen-bond donors (Lipinski definition) is 1. The topological polar surface area (TPSA) is 49.4 Å². The number of nitrogens with zero attached hydrogens (tertiary/aromatic N) is 1. The molecule has 0 radical (unpaired) electrons. The first-order chi connectivity index (χ1) is 13.5. The molecule has 0 saturated carbocycles. The molecule has 0 aliphatic heterocycles. The van der Waals surface area contributed by atoms with Gasteiger partial charge in [0.1, 0.15) is 0 Å². The van der Waals surface area contributed by atoms with Crippen LogP contribution in [0, 0.1) is 13.8 Å². The summed E-state index contributed by atoms with van der Waals surface area (Å²) in [4.78, 5) is 26.2. The van der Waals surface area contributed by atoms with Crippen LogP contribution in [0.2, 0.25) is 0 Å². The normalized spacial score (nSPS) is 11.0. The Morgan fingerprint density at radius 2 is 1.57 bits per heavy atom. The summed E-state index contributed by atoms with van der Waals surface area (Å²) in [6, 6.07) is 19.9. The van der Waals surface area contributed by atoms with E-state index in [0.717, 1.165) is 33.2 Å². The van der Waals surface area contributed by atoms with Gasteiger partial charge in [-0.2, -0.15) is 0 Å². The van der Waals surface area contributed by atoms with Crippen molar-refractivity contribution < 1.29 is 9.59 Å². The Labute approximate surface area is 165 Å². The molecular formula is C24H24N2O2. The molecule has 0 aliphatic rings. The van der Waals surface area contributed by atoms with Gasteiger partial charge in [-0.3, -0.25) is 9.59 Å². The van der Waals surface area contributed by atoms with Gasteiger partial charge in [-0.05, 0) is 47.4 Å². The number of carbonyl (C=O) groups is 2. The molecule has 142 valence electrons. The Morgan fingerprint density at radius 3 is 2.32 bits per heavy atom. The Kier molecular flexibility index (Phi) is 5.90. The minimum atomic E-state index is -0.218. The quantitative estimate of drug-likeness (QED) is 0.667. The number of para-hydroxylation sites is 1. The van der Waals surface area contributed by atoms with Crippen molar-refractivity contribution in [3.8, 4) is 0 Å². The maximum Gasteiger partial charge on any atom is 0.246 e. The number of benzene rings is 3. The number of carbonyl (C=O) groups excluding carboxylic acids is 2. The van der Waals surface area contributed by atoms with Gasteiger partial charge in [0.05, 0.1) is 6.54 Å². The minimum absolute atomic E-state index is 0.00746. The van der Waals surface area contributed by atoms with E-state index in [0.29, 0.717) is 0 Å². The molecule has 4 nitrogen and oxygen atoms in total. The highest BCUT2D eigenvalue weighted by molar-refractivity contribution is 6.00. The largest absolute Gasteiger partial charge is 0.333 e. The van der Waals surface area contributed by atoms with Crippen molar-refractivity contribution in [2.45, 2.75) is 13.8 Å². The molecule has 1 N–H and O–H groups in total. The number of rotatable bonds is 5. The van der Waals surface area contributed by atoms with Crippen molar-refractivity contribution >= 4 is 34.4 Å². The van der Waals surface area contributed by atoms with Crippen LogP contribution in [0.1, 0.15) is 16.7 Å². The van der Waals surface area contributed by atoms with Crippen molar-refractivity contribution in [2.75, 3.05) is 18.9 Å². The number of anilines is 1. The van der Waals surface area contributed by atoms with E-state index in [9.17, 15) is 9.59 Å². The van der Waals surface area contributed by atoms with E-state index in [2.05, 4.69) is 5.32 Å². The highest BCUT2D eigenvalue weighted by Crippen LogP contribution is 2.20. The first kappa shape index (κ1) is 19.4. The molecule has 0 aromatic heterocycles. The van der Waals surface area contributed by atoms with Crippen molar-refractivity contribution in [2.24, 2.45) is 0 Å². The summed E-state index contributed by atoms with van der Waals surface area (Å²) in [5.41, 5.74) is 3.77. The Balaban J connectivity index is 1.66. The van der Waals surface area contributed by atoms with Crippen molar-refractivity contribution in [1.29, 1.82) is 0 Å². The smallest absolute Gasteiger partial charge is 0.246 e. The zero-order valence-electron chi connectivity index (χ0n) is 16.4. The van der Waals surface area contributed by atoms with Gasteiger partial charge in [0, 0.05) is 18.8 Å². The summed E-state index contributed by atoms with van der Waals surface area (Å²) in [7, 11) is 1.63. The lowest BCUT2D eigenvalue weighted by molar-refractivity contribution is -0.129. The standard InChI is InChI=1S/C24H24N2O2/c1-17-8-6-9-18(2)24(17)25-22(27)16-26(3)23(28)15-14-20-12-7-11-19-10-4-5-13-21(19)20/h4-15H,16H2,1-3H3,(H,25,27). The second-order valence-corrected chi connectivity index (χ2v) is 6.91. The number of hydrogen-bond acceptors (Lipinski definition) is 2. The van der Waals surface area contributed by atoms with Gasteiger partial charge in [-0.15, -0.1) is 0 Å². The second kappa shape index (κ2) is 8.53. The fourth-order valence-electron chi connectivity index (χ4n) is 3.17. The maximum atomic E-state index is 12.4. The van der Waals surface area contributed by atoms with Crippen LogP contribution in [0.3, 0.4) is 0 Å². The third kappa shape index (κ3) is 4.46. The van der Waals surface area contributed by atoms with Crippen LogP contribution in [0.4, 0.5) is 5.69 Å². The molecule has 0 heterocycles. The molecule has 4 heteroatoms. The number of nitrogens with one attached hydrogen (secondary N) is 1. The van der Waals surface area contributed by atoms with Crippen LogP contribution < -0.4 is 5.32 Å². The van der Waals surface area contributed by atoms with E-state index in [-0.39, 0.29) is 18.4 Å². The third-order valence-electron chi connectivity index (χ3n) is 4.73. The van der Waals surface area contributed by atoms with Crippen molar-refractivity contribution in [3.63, 3.8) is 0 Å². The highest BCUT2D eigenvalue weighted by Gasteiger charge is 2.12. The first-order valence-electron chi connectivity index (χ1n) is 9.22. The van der Waals surface area contributed by atoms with Gasteiger partial charge in [0.2, 0.25) is 11.8 Å². The van der Waals surface area contributed by atoms with Crippen LogP contribution in [-0.2, 0) is 9.59 Å². The number of fused-ring (bicyclic) bond motifs is 1. The molecular weight excluding hydrogens is 348 g/mol. The molecule has 3 rings (SSSR count). The predicted octanol–water partition coefficient (Wildman–Crippen LogP) is 4.57. The monoisotopic (exact) mass is 372 g/mol. The van der Waals surface area contributed by atoms with Crippen molar-refractivity contribution in [3.05, 3.63) is 83.4 Å². The minimum Gasteiger partial charge on any atom is -0.333 e. The van der Waals surface area contributed by atoms with E-state index in [1.165, 1.54) is 11.0 Å². The maximum absolute atomic E-state index is 12.4. The van der Waals surface area contributed by atoms with Crippen molar-refractivity contribution in [1.82, 2.24) is 4.90 Å². The molecule has 0 fully saturated rings. The number of likely N-dealkylation sites (N-methyl/N-ethyl adjacent to an activating group) is 1. The van der Waals surface area contributed by atoms with Gasteiger partial charge in [-0.1, -0.05) is 60.7 Å². The summed E-state index contributed by atoms with van der Waals surface area (Å²) in [5.74, 6) is -0.434. The fraction of sp³-hybridized carbons (Fsp3) is 0.167. The van der Waals surface area contributed by atoms with Crippen LogP contribution in [-0.4, -0.2) is 30.3 Å². The average Bonchev–Trinajstić information content (AvgIpc) is 2.69. The molecule has 28 heavy (non-hydrogen) atoms. The van der Waals surface area contributed by atoms with Crippen LogP contribution >= 0.6 is 0 Å². The van der Waals surface area contributed by atoms with E-state index in [1.54, 1.807) is 13.1 Å². The number of amides is 2. The highest BCUT2D eigenvalue weighted by atomic mass is 16.2. The first-order valence-corrected chi connectivity index (χ1v) is 9.22. The molecule has 3 aromatic rings. The van der Waals surface area contributed by atoms with Crippen LogP contribution in [0.15, 0.2) is 66.7 Å². The Morgan fingerprint density at radius 1 is 0.929 bits per heavy atom. The Hall–Kier alpha value is -3.40. The predicted molar refractivity (Wildman–Crippen MR) is 115 cm³/mol. The lowest BCUT2D eigenvalue weighted by Gasteiger charge is -2.16. The van der Waals surface area contributed by atoms with Gasteiger partial charge in [0.25, 0.3) is 0 Å². The zero-order valence-corrected chi connectivity index (χ0v) is 16.4. The SMILES string of the molecule is Cc1cccc(C)c1NC(=O)CN(C)C(=O)C=Cc1cccc2ccccc12. The van der Waals surface area contributed by atoms with E-state index >= 15 is 0 Å². The van der Waals surface area contributed by atoms with Crippen LogP contribution in [0.25, 0.3) is 16.8 Å². The fourth-order valence-corrected chi connectivity index (χ4v) is 3.17. The summed E-state index contributed by atoms with van der Waals surface area (Å²) >= 11 is 0. The molecule has 3 aromatic carbocycles. The van der Waals surface area contributed by atoms with Gasteiger partial charge in [0.15, 0.2) is 0 Å². The van der Waals surface area contributed by atoms with Crippen LogP contribution in [0.5, 0.6) is 0 Å². The lowest BCUT2D eigenvalue weighted by Crippen LogP contribution is -2.34.